The number of halogens is 1. The minimum atomic E-state index is -1.02. The third-order valence-corrected chi connectivity index (χ3v) is 5.75. The molecule has 9 nitrogen and oxygen atoms in total. The van der Waals surface area contributed by atoms with Crippen molar-refractivity contribution < 1.29 is 33.4 Å². The normalized spacial score (nSPS) is 17.2. The van der Waals surface area contributed by atoms with Gasteiger partial charge in [0.25, 0.3) is 5.78 Å². The van der Waals surface area contributed by atoms with Gasteiger partial charge >= 0.3 is 5.91 Å². The molecule has 1 N–H and O–H groups in total. The van der Waals surface area contributed by atoms with E-state index < -0.39 is 23.5 Å². The number of aryl methyl sites for hydroxylation is 1. The predicted molar refractivity (Wildman–Crippen MR) is 124 cm³/mol. The number of hydrogen-bond acceptors (Lipinski definition) is 8. The number of aliphatic hydroxyl groups is 1. The number of methoxy groups -OCH3 is 3. The molecular formula is C24H21ClN2O7. The van der Waals surface area contributed by atoms with E-state index in [4.69, 9.17) is 30.3 Å². The van der Waals surface area contributed by atoms with Gasteiger partial charge in [-0.3, -0.25) is 14.5 Å². The number of ether oxygens (including phenoxy) is 3. The number of aromatic nitrogens is 1. The molecule has 0 bridgehead atoms. The van der Waals surface area contributed by atoms with E-state index in [1.165, 1.54) is 38.4 Å². The Morgan fingerprint density at radius 2 is 1.68 bits per heavy atom. The fourth-order valence-electron chi connectivity index (χ4n) is 3.84. The van der Waals surface area contributed by atoms with Gasteiger partial charge in [-0.15, -0.1) is 0 Å². The first-order valence-corrected chi connectivity index (χ1v) is 10.5. The van der Waals surface area contributed by atoms with Gasteiger partial charge in [-0.1, -0.05) is 22.8 Å². The molecule has 0 radical (unpaired) electrons. The molecular weight excluding hydrogens is 464 g/mol. The van der Waals surface area contributed by atoms with Crippen LogP contribution in [-0.2, 0) is 9.59 Å². The van der Waals surface area contributed by atoms with Crippen molar-refractivity contribution in [2.75, 3.05) is 26.2 Å². The average Bonchev–Trinajstić information content (AvgIpc) is 3.38. The number of Topliss-reactive ketones (excluding diaryl/α,β-unsaturated/α-hetero) is 1. The van der Waals surface area contributed by atoms with Crippen molar-refractivity contribution in [3.05, 3.63) is 69.9 Å². The van der Waals surface area contributed by atoms with Crippen LogP contribution < -0.4 is 19.1 Å². The minimum absolute atomic E-state index is 0.131. The van der Waals surface area contributed by atoms with Gasteiger partial charge in [-0.2, -0.15) is 0 Å². The highest BCUT2D eigenvalue weighted by Gasteiger charge is 2.48. The van der Waals surface area contributed by atoms with Crippen molar-refractivity contribution >= 4 is 34.9 Å². The van der Waals surface area contributed by atoms with Crippen LogP contribution in [-0.4, -0.2) is 43.3 Å². The molecule has 10 heteroatoms. The van der Waals surface area contributed by atoms with Gasteiger partial charge in [-0.25, -0.2) is 0 Å². The Kier molecular flexibility index (Phi) is 6.21. The van der Waals surface area contributed by atoms with Crippen molar-refractivity contribution in [1.29, 1.82) is 0 Å². The Morgan fingerprint density at radius 1 is 1.00 bits per heavy atom. The fourth-order valence-corrected chi connectivity index (χ4v) is 4.10. The maximum absolute atomic E-state index is 13.2. The number of benzene rings is 2. The fraction of sp³-hybridized carbons (Fsp3) is 0.208. The smallest absolute Gasteiger partial charge is 0.301 e. The first kappa shape index (κ1) is 23.2. The molecule has 1 atom stereocenters. The third-order valence-electron chi connectivity index (χ3n) is 5.46. The maximum atomic E-state index is 13.2. The Hall–Kier alpha value is -3.98. The van der Waals surface area contributed by atoms with Crippen molar-refractivity contribution in [2.24, 2.45) is 0 Å². The minimum Gasteiger partial charge on any atom is -0.507 e. The second-order valence-electron chi connectivity index (χ2n) is 7.43. The molecule has 3 aromatic rings. The van der Waals surface area contributed by atoms with Gasteiger partial charge in [0.2, 0.25) is 0 Å². The van der Waals surface area contributed by atoms with E-state index in [-0.39, 0.29) is 22.0 Å². The van der Waals surface area contributed by atoms with Crippen LogP contribution >= 0.6 is 11.6 Å². The lowest BCUT2D eigenvalue weighted by Gasteiger charge is -2.23. The van der Waals surface area contributed by atoms with Crippen LogP contribution in [0.25, 0.3) is 5.76 Å². The van der Waals surface area contributed by atoms with Gasteiger partial charge < -0.3 is 23.8 Å². The first-order chi connectivity index (χ1) is 16.3. The van der Waals surface area contributed by atoms with Crippen LogP contribution in [0.5, 0.6) is 17.2 Å². The number of ketones is 1. The number of rotatable bonds is 6. The van der Waals surface area contributed by atoms with E-state index in [0.717, 1.165) is 0 Å². The standard InChI is InChI=1S/C24H21ClN2O7/c1-12-9-19(26-34-12)27-21(13-5-8-17(32-3)18(11-13)33-4)20(23(29)24(27)30)22(28)14-6-7-16(31-2)15(25)10-14/h5-11,21,28H,1-4H3/b22-20+. The summed E-state index contributed by atoms with van der Waals surface area (Å²) in [4.78, 5) is 27.5. The number of hydrogen-bond donors (Lipinski definition) is 1. The van der Waals surface area contributed by atoms with Crippen LogP contribution in [0.3, 0.4) is 0 Å². The van der Waals surface area contributed by atoms with E-state index in [1.807, 2.05) is 0 Å². The van der Waals surface area contributed by atoms with Gasteiger partial charge in [0.15, 0.2) is 17.3 Å². The molecule has 0 saturated carbocycles. The molecule has 1 aromatic heterocycles. The number of anilines is 1. The molecule has 1 aliphatic heterocycles. The summed E-state index contributed by atoms with van der Waals surface area (Å²) in [7, 11) is 4.43. The Morgan fingerprint density at radius 3 is 2.26 bits per heavy atom. The Labute approximate surface area is 200 Å². The highest BCUT2D eigenvalue weighted by Crippen LogP contribution is 2.44. The summed E-state index contributed by atoms with van der Waals surface area (Å²) in [6, 6.07) is 10.0. The second-order valence-corrected chi connectivity index (χ2v) is 7.84. The highest BCUT2D eigenvalue weighted by atomic mass is 35.5. The van der Waals surface area contributed by atoms with Crippen LogP contribution in [0.2, 0.25) is 5.02 Å². The summed E-state index contributed by atoms with van der Waals surface area (Å²) >= 11 is 6.23. The number of amides is 1. The molecule has 1 fully saturated rings. The maximum Gasteiger partial charge on any atom is 0.301 e. The lowest BCUT2D eigenvalue weighted by atomic mass is 9.95. The molecule has 1 aliphatic rings. The number of nitrogens with zero attached hydrogens (tertiary/aromatic N) is 2. The van der Waals surface area contributed by atoms with Crippen LogP contribution in [0, 0.1) is 6.92 Å². The largest absolute Gasteiger partial charge is 0.507 e. The van der Waals surface area contributed by atoms with Crippen LogP contribution in [0.15, 0.2) is 52.6 Å². The van der Waals surface area contributed by atoms with E-state index in [0.29, 0.717) is 28.6 Å². The van der Waals surface area contributed by atoms with E-state index in [9.17, 15) is 14.7 Å². The van der Waals surface area contributed by atoms with Crippen LogP contribution in [0.4, 0.5) is 5.82 Å². The molecule has 1 saturated heterocycles. The second kappa shape index (κ2) is 9.11. The SMILES string of the molecule is COc1ccc(/C(O)=C2\C(=O)C(=O)N(c3cc(C)on3)C2c2ccc(OC)c(OC)c2)cc1Cl. The molecule has 0 aliphatic carbocycles. The summed E-state index contributed by atoms with van der Waals surface area (Å²) in [6.07, 6.45) is 0. The molecule has 1 unspecified atom stereocenters. The summed E-state index contributed by atoms with van der Waals surface area (Å²) in [6.45, 7) is 1.66. The van der Waals surface area contributed by atoms with Crippen molar-refractivity contribution in [2.45, 2.75) is 13.0 Å². The molecule has 1 amide bonds. The average molecular weight is 485 g/mol. The molecule has 34 heavy (non-hydrogen) atoms. The predicted octanol–water partition coefficient (Wildman–Crippen LogP) is 4.29. The zero-order valence-corrected chi connectivity index (χ0v) is 19.5. The molecule has 2 heterocycles. The molecule has 0 spiro atoms. The number of carbonyl (C=O) groups excluding carboxylic acids is 2. The zero-order chi connectivity index (χ0) is 24.6. The molecule has 4 rings (SSSR count). The summed E-state index contributed by atoms with van der Waals surface area (Å²) < 4.78 is 21.0. The van der Waals surface area contributed by atoms with E-state index in [2.05, 4.69) is 5.16 Å². The quantitative estimate of drug-likeness (QED) is 0.313. The van der Waals surface area contributed by atoms with Crippen LogP contribution in [0.1, 0.15) is 22.9 Å². The topological polar surface area (TPSA) is 111 Å². The summed E-state index contributed by atoms with van der Waals surface area (Å²) in [5.74, 6) is -0.328. The van der Waals surface area contributed by atoms with E-state index >= 15 is 0 Å². The molecule has 176 valence electrons. The Bertz CT molecular complexity index is 1310. The lowest BCUT2D eigenvalue weighted by molar-refractivity contribution is -0.132. The van der Waals surface area contributed by atoms with Gasteiger partial charge in [0.05, 0.1) is 38.0 Å². The Balaban J connectivity index is 1.95. The summed E-state index contributed by atoms with van der Waals surface area (Å²) in [5, 5.41) is 15.4. The third kappa shape index (κ3) is 3.84. The van der Waals surface area contributed by atoms with Gasteiger partial charge in [0, 0.05) is 11.6 Å². The van der Waals surface area contributed by atoms with Gasteiger partial charge in [-0.05, 0) is 42.8 Å². The zero-order valence-electron chi connectivity index (χ0n) is 18.8. The molecule has 2 aromatic carbocycles. The van der Waals surface area contributed by atoms with Crippen molar-refractivity contribution in [1.82, 2.24) is 5.16 Å². The van der Waals surface area contributed by atoms with Crippen molar-refractivity contribution in [3.8, 4) is 17.2 Å². The first-order valence-electron chi connectivity index (χ1n) is 10.1. The van der Waals surface area contributed by atoms with E-state index in [1.54, 1.807) is 37.3 Å². The summed E-state index contributed by atoms with van der Waals surface area (Å²) in [5.41, 5.74) is 0.586. The monoisotopic (exact) mass is 484 g/mol. The highest BCUT2D eigenvalue weighted by molar-refractivity contribution is 6.51. The van der Waals surface area contributed by atoms with Crippen molar-refractivity contribution in [3.63, 3.8) is 0 Å². The number of aliphatic hydroxyl groups excluding tert-OH is 1. The van der Waals surface area contributed by atoms with Gasteiger partial charge in [0.1, 0.15) is 17.3 Å². The number of carbonyl (C=O) groups is 2. The lowest BCUT2D eigenvalue weighted by Crippen LogP contribution is -2.29.